The van der Waals surface area contributed by atoms with Crippen LogP contribution in [0.2, 0.25) is 0 Å². The first-order chi connectivity index (χ1) is 6.13. The van der Waals surface area contributed by atoms with Crippen LogP contribution >= 0.6 is 0 Å². The first kappa shape index (κ1) is 11.4. The molecular formula is C8H12N2O3. The first-order valence-electron chi connectivity index (χ1n) is 3.76. The molecule has 0 fully saturated rings. The molecule has 0 saturated heterocycles. The Balaban J connectivity index is 4.00. The van der Waals surface area contributed by atoms with E-state index in [9.17, 15) is 14.4 Å². The van der Waals surface area contributed by atoms with Crippen molar-refractivity contribution in [3.63, 3.8) is 0 Å². The summed E-state index contributed by atoms with van der Waals surface area (Å²) in [6.45, 7) is 5.04. The Morgan fingerprint density at radius 1 is 1.54 bits per heavy atom. The summed E-state index contributed by atoms with van der Waals surface area (Å²) in [5, 5.41) is 4.49. The van der Waals surface area contributed by atoms with E-state index in [-0.39, 0.29) is 6.54 Å². The molecule has 72 valence electrons. The van der Waals surface area contributed by atoms with Gasteiger partial charge in [0.25, 0.3) is 5.91 Å². The fraction of sp³-hybridized carbons (Fsp3) is 0.375. The second-order valence-electron chi connectivity index (χ2n) is 2.37. The summed E-state index contributed by atoms with van der Waals surface area (Å²) in [6.07, 6.45) is 1.84. The number of carbonyl (C=O) groups excluding carboxylic acids is 3. The first-order valence-corrected chi connectivity index (χ1v) is 3.76. The summed E-state index contributed by atoms with van der Waals surface area (Å²) in [7, 11) is 0. The van der Waals surface area contributed by atoms with E-state index in [0.717, 1.165) is 0 Å². The number of hydrogen-bond donors (Lipinski definition) is 2. The Hall–Kier alpha value is -1.65. The molecule has 1 atom stereocenters. The van der Waals surface area contributed by atoms with Gasteiger partial charge in [0.2, 0.25) is 12.2 Å². The SMILES string of the molecule is C=CCNC(=O)C(=O)C(C)NC=O. The summed E-state index contributed by atoms with van der Waals surface area (Å²) in [5.41, 5.74) is 0. The van der Waals surface area contributed by atoms with Gasteiger partial charge >= 0.3 is 0 Å². The summed E-state index contributed by atoms with van der Waals surface area (Å²) >= 11 is 0. The molecule has 5 nitrogen and oxygen atoms in total. The number of amides is 2. The van der Waals surface area contributed by atoms with E-state index in [4.69, 9.17) is 0 Å². The molecule has 0 rings (SSSR count). The lowest BCUT2D eigenvalue weighted by atomic mass is 10.2. The Kier molecular flexibility index (Phi) is 5.18. The Labute approximate surface area is 76.2 Å². The highest BCUT2D eigenvalue weighted by molar-refractivity contribution is 6.38. The fourth-order valence-electron chi connectivity index (χ4n) is 0.626. The third kappa shape index (κ3) is 4.05. The monoisotopic (exact) mass is 184 g/mol. The van der Waals surface area contributed by atoms with Crippen molar-refractivity contribution in [1.82, 2.24) is 10.6 Å². The third-order valence-electron chi connectivity index (χ3n) is 1.34. The molecule has 2 amide bonds. The van der Waals surface area contributed by atoms with Gasteiger partial charge in [0, 0.05) is 6.54 Å². The number of ketones is 1. The minimum absolute atomic E-state index is 0.235. The number of rotatable bonds is 6. The lowest BCUT2D eigenvalue weighted by molar-refractivity contribution is -0.139. The van der Waals surface area contributed by atoms with Crippen LogP contribution in [0.15, 0.2) is 12.7 Å². The van der Waals surface area contributed by atoms with Crippen LogP contribution in [0, 0.1) is 0 Å². The number of nitrogens with one attached hydrogen (secondary N) is 2. The molecule has 0 aromatic carbocycles. The fourth-order valence-corrected chi connectivity index (χ4v) is 0.626. The zero-order chi connectivity index (χ0) is 10.3. The van der Waals surface area contributed by atoms with Crippen LogP contribution in [0.4, 0.5) is 0 Å². The lowest BCUT2D eigenvalue weighted by Crippen LogP contribution is -2.43. The number of Topliss-reactive ketones (excluding diaryl/α,β-unsaturated/α-hetero) is 1. The third-order valence-corrected chi connectivity index (χ3v) is 1.34. The molecule has 13 heavy (non-hydrogen) atoms. The van der Waals surface area contributed by atoms with Crippen molar-refractivity contribution in [3.8, 4) is 0 Å². The molecule has 0 radical (unpaired) electrons. The van der Waals surface area contributed by atoms with Crippen molar-refractivity contribution in [3.05, 3.63) is 12.7 Å². The van der Waals surface area contributed by atoms with Gasteiger partial charge in [0.15, 0.2) is 0 Å². The van der Waals surface area contributed by atoms with Gasteiger partial charge in [-0.1, -0.05) is 6.08 Å². The highest BCUT2D eigenvalue weighted by Crippen LogP contribution is 1.83. The molecule has 0 saturated carbocycles. The van der Waals surface area contributed by atoms with E-state index in [1.54, 1.807) is 0 Å². The van der Waals surface area contributed by atoms with Crippen LogP contribution in [0.25, 0.3) is 0 Å². The standard InChI is InChI=1S/C8H12N2O3/c1-3-4-9-8(13)7(12)6(2)10-5-11/h3,5-6H,1,4H2,2H3,(H,9,13)(H,10,11). The molecule has 0 spiro atoms. The summed E-state index contributed by atoms with van der Waals surface area (Å²) < 4.78 is 0. The van der Waals surface area contributed by atoms with E-state index >= 15 is 0 Å². The lowest BCUT2D eigenvalue weighted by Gasteiger charge is -2.07. The summed E-state index contributed by atoms with van der Waals surface area (Å²) in [5.74, 6) is -1.39. The summed E-state index contributed by atoms with van der Waals surface area (Å²) in [4.78, 5) is 32.0. The molecule has 0 aliphatic carbocycles. The molecule has 0 aromatic rings. The largest absolute Gasteiger partial charge is 0.349 e. The second kappa shape index (κ2) is 5.93. The van der Waals surface area contributed by atoms with Crippen LogP contribution in [0.3, 0.4) is 0 Å². The molecule has 0 aliphatic heterocycles. The molecule has 0 aliphatic rings. The Morgan fingerprint density at radius 2 is 2.15 bits per heavy atom. The topological polar surface area (TPSA) is 75.3 Å². The van der Waals surface area contributed by atoms with Crippen LogP contribution in [-0.4, -0.2) is 30.7 Å². The van der Waals surface area contributed by atoms with Gasteiger partial charge < -0.3 is 10.6 Å². The van der Waals surface area contributed by atoms with Crippen LogP contribution in [0.1, 0.15) is 6.92 Å². The average molecular weight is 184 g/mol. The van der Waals surface area contributed by atoms with Gasteiger partial charge in [-0.05, 0) is 6.92 Å². The number of hydrogen-bond acceptors (Lipinski definition) is 3. The van der Waals surface area contributed by atoms with Crippen molar-refractivity contribution in [1.29, 1.82) is 0 Å². The van der Waals surface area contributed by atoms with E-state index < -0.39 is 17.7 Å². The molecule has 0 heterocycles. The summed E-state index contributed by atoms with van der Waals surface area (Å²) in [6, 6.07) is -0.790. The molecule has 0 aromatic heterocycles. The Bertz CT molecular complexity index is 225. The predicted octanol–water partition coefficient (Wildman–Crippen LogP) is -1.01. The maximum absolute atomic E-state index is 11.1. The van der Waals surface area contributed by atoms with Crippen LogP contribution < -0.4 is 10.6 Å². The van der Waals surface area contributed by atoms with Crippen LogP contribution in [-0.2, 0) is 14.4 Å². The highest BCUT2D eigenvalue weighted by Gasteiger charge is 2.19. The van der Waals surface area contributed by atoms with E-state index in [1.165, 1.54) is 13.0 Å². The molecule has 5 heteroatoms. The van der Waals surface area contributed by atoms with Gasteiger partial charge in [-0.2, -0.15) is 0 Å². The molecule has 0 bridgehead atoms. The molecular weight excluding hydrogens is 172 g/mol. The minimum atomic E-state index is -0.790. The van der Waals surface area contributed by atoms with E-state index in [2.05, 4.69) is 17.2 Å². The van der Waals surface area contributed by atoms with Crippen molar-refractivity contribution in [2.24, 2.45) is 0 Å². The smallest absolute Gasteiger partial charge is 0.289 e. The predicted molar refractivity (Wildman–Crippen MR) is 46.9 cm³/mol. The van der Waals surface area contributed by atoms with Gasteiger partial charge in [-0.25, -0.2) is 0 Å². The van der Waals surface area contributed by atoms with Crippen molar-refractivity contribution in [2.75, 3.05) is 6.54 Å². The second-order valence-corrected chi connectivity index (χ2v) is 2.37. The van der Waals surface area contributed by atoms with E-state index in [0.29, 0.717) is 6.41 Å². The molecule has 1 unspecified atom stereocenters. The maximum Gasteiger partial charge on any atom is 0.289 e. The minimum Gasteiger partial charge on any atom is -0.349 e. The molecule has 2 N–H and O–H groups in total. The highest BCUT2D eigenvalue weighted by atomic mass is 16.2. The number of carbonyl (C=O) groups is 3. The zero-order valence-corrected chi connectivity index (χ0v) is 7.37. The van der Waals surface area contributed by atoms with Gasteiger partial charge in [0.1, 0.15) is 0 Å². The quantitative estimate of drug-likeness (QED) is 0.315. The maximum atomic E-state index is 11.1. The zero-order valence-electron chi connectivity index (χ0n) is 7.37. The Morgan fingerprint density at radius 3 is 2.62 bits per heavy atom. The van der Waals surface area contributed by atoms with Crippen molar-refractivity contribution in [2.45, 2.75) is 13.0 Å². The van der Waals surface area contributed by atoms with Crippen molar-refractivity contribution < 1.29 is 14.4 Å². The van der Waals surface area contributed by atoms with E-state index in [1.807, 2.05) is 0 Å². The van der Waals surface area contributed by atoms with Crippen molar-refractivity contribution >= 4 is 18.1 Å². The normalized spacial score (nSPS) is 11.2. The average Bonchev–Trinajstić information content (AvgIpc) is 2.13. The van der Waals surface area contributed by atoms with Gasteiger partial charge in [-0.3, -0.25) is 14.4 Å². The van der Waals surface area contributed by atoms with Gasteiger partial charge in [0.05, 0.1) is 6.04 Å². The van der Waals surface area contributed by atoms with Crippen LogP contribution in [0.5, 0.6) is 0 Å². The van der Waals surface area contributed by atoms with Gasteiger partial charge in [-0.15, -0.1) is 6.58 Å².